The van der Waals surface area contributed by atoms with E-state index in [-0.39, 0.29) is 23.8 Å². The Morgan fingerprint density at radius 3 is 2.36 bits per heavy atom. The Balaban J connectivity index is 2.51. The molecule has 1 aromatic carbocycles. The van der Waals surface area contributed by atoms with Crippen molar-refractivity contribution in [2.75, 3.05) is 13.2 Å². The maximum Gasteiger partial charge on any atom is 0.341 e. The molecule has 0 amide bonds. The molecule has 1 N–H and O–H groups in total. The second kappa shape index (κ2) is 9.80. The van der Waals surface area contributed by atoms with E-state index in [1.54, 1.807) is 20.8 Å². The van der Waals surface area contributed by atoms with Crippen molar-refractivity contribution < 1.29 is 29.0 Å². The quantitative estimate of drug-likeness (QED) is 0.408. The highest BCUT2D eigenvalue weighted by molar-refractivity contribution is 7.19. The van der Waals surface area contributed by atoms with E-state index in [9.17, 15) is 19.5 Å². The molecule has 0 aliphatic rings. The van der Waals surface area contributed by atoms with Gasteiger partial charge in [0.25, 0.3) is 0 Å². The molecule has 28 heavy (non-hydrogen) atoms. The minimum atomic E-state index is -1.56. The van der Waals surface area contributed by atoms with E-state index in [1.807, 2.05) is 30.3 Å². The summed E-state index contributed by atoms with van der Waals surface area (Å²) >= 11 is 1.23. The topological polar surface area (TPSA) is 102 Å². The van der Waals surface area contributed by atoms with Crippen molar-refractivity contribution in [1.29, 1.82) is 0 Å². The largest absolute Gasteiger partial charge is 0.480 e. The highest BCUT2D eigenvalue weighted by Gasteiger charge is 2.27. The van der Waals surface area contributed by atoms with Crippen LogP contribution in [0.5, 0.6) is 0 Å². The molecule has 8 heteroatoms. The third kappa shape index (κ3) is 4.83. The third-order valence-corrected chi connectivity index (χ3v) is 5.04. The van der Waals surface area contributed by atoms with Crippen LogP contribution >= 0.6 is 11.3 Å². The van der Waals surface area contributed by atoms with Crippen molar-refractivity contribution in [2.24, 2.45) is 10.9 Å². The summed E-state index contributed by atoms with van der Waals surface area (Å²) in [6.45, 7) is 5.31. The van der Waals surface area contributed by atoms with Crippen LogP contribution in [0.4, 0.5) is 5.00 Å². The molecular weight excluding hydrogens is 382 g/mol. The maximum atomic E-state index is 12.4. The van der Waals surface area contributed by atoms with Gasteiger partial charge in [-0.3, -0.25) is 9.59 Å². The van der Waals surface area contributed by atoms with Gasteiger partial charge in [0, 0.05) is 11.1 Å². The van der Waals surface area contributed by atoms with Gasteiger partial charge in [-0.1, -0.05) is 30.3 Å². The monoisotopic (exact) mass is 403 g/mol. The van der Waals surface area contributed by atoms with Gasteiger partial charge >= 0.3 is 17.9 Å². The molecule has 1 unspecified atom stereocenters. The Morgan fingerprint density at radius 1 is 1.14 bits per heavy atom. The van der Waals surface area contributed by atoms with Crippen LogP contribution in [0.25, 0.3) is 10.4 Å². The number of rotatable bonds is 8. The number of carbonyl (C=O) groups is 3. The number of carboxylic acids is 1. The molecule has 2 rings (SSSR count). The van der Waals surface area contributed by atoms with Gasteiger partial charge in [0.15, 0.2) is 5.92 Å². The van der Waals surface area contributed by atoms with Crippen LogP contribution in [0.3, 0.4) is 0 Å². The van der Waals surface area contributed by atoms with Crippen LogP contribution in [0, 0.1) is 12.8 Å². The van der Waals surface area contributed by atoms with Gasteiger partial charge in [0.05, 0.1) is 18.8 Å². The van der Waals surface area contributed by atoms with E-state index < -0.39 is 23.8 Å². The lowest BCUT2D eigenvalue weighted by Gasteiger charge is -2.06. The lowest BCUT2D eigenvalue weighted by Crippen LogP contribution is -2.27. The molecule has 7 nitrogen and oxygen atoms in total. The number of thiophene rings is 1. The fourth-order valence-corrected chi connectivity index (χ4v) is 3.65. The molecule has 0 saturated heterocycles. The smallest absolute Gasteiger partial charge is 0.341 e. The molecule has 0 aliphatic carbocycles. The van der Waals surface area contributed by atoms with Gasteiger partial charge in [-0.2, -0.15) is 0 Å². The van der Waals surface area contributed by atoms with Crippen molar-refractivity contribution in [1.82, 2.24) is 0 Å². The first-order valence-corrected chi connectivity index (χ1v) is 9.51. The molecule has 0 fully saturated rings. The first kappa shape index (κ1) is 21.3. The van der Waals surface area contributed by atoms with Crippen LogP contribution < -0.4 is 0 Å². The van der Waals surface area contributed by atoms with Crippen molar-refractivity contribution in [3.8, 4) is 10.4 Å². The molecule has 148 valence electrons. The van der Waals surface area contributed by atoms with E-state index in [4.69, 9.17) is 9.47 Å². The van der Waals surface area contributed by atoms with Crippen LogP contribution in [-0.4, -0.2) is 42.4 Å². The highest BCUT2D eigenvalue weighted by atomic mass is 32.1. The second-order valence-electron chi connectivity index (χ2n) is 5.67. The van der Waals surface area contributed by atoms with Crippen LogP contribution in [0.15, 0.2) is 35.3 Å². The van der Waals surface area contributed by atoms with Crippen molar-refractivity contribution in [2.45, 2.75) is 20.8 Å². The first-order valence-electron chi connectivity index (χ1n) is 8.70. The van der Waals surface area contributed by atoms with Crippen LogP contribution in [0.1, 0.15) is 29.8 Å². The molecule has 1 heterocycles. The summed E-state index contributed by atoms with van der Waals surface area (Å²) in [5, 5.41) is 9.55. The Morgan fingerprint density at radius 2 is 1.79 bits per heavy atom. The minimum absolute atomic E-state index is 0.0563. The Bertz CT molecular complexity index is 888. The number of benzene rings is 1. The van der Waals surface area contributed by atoms with E-state index in [0.717, 1.165) is 16.7 Å². The van der Waals surface area contributed by atoms with Gasteiger partial charge in [-0.05, 0) is 31.9 Å². The highest BCUT2D eigenvalue weighted by Crippen LogP contribution is 2.41. The molecule has 0 bridgehead atoms. The number of aliphatic imine (C=N–C) groups is 1. The summed E-state index contributed by atoms with van der Waals surface area (Å²) < 4.78 is 9.89. The molecule has 1 aromatic heterocycles. The minimum Gasteiger partial charge on any atom is -0.480 e. The number of aliphatic carboxylic acids is 1. The van der Waals surface area contributed by atoms with E-state index in [1.165, 1.54) is 11.3 Å². The number of hydrogen-bond acceptors (Lipinski definition) is 7. The molecule has 0 saturated carbocycles. The lowest BCUT2D eigenvalue weighted by atomic mass is 10.1. The Hall–Kier alpha value is -3.00. The summed E-state index contributed by atoms with van der Waals surface area (Å²) in [7, 11) is 0. The molecular formula is C20H21NO6S. The molecule has 0 spiro atoms. The van der Waals surface area contributed by atoms with Gasteiger partial charge in [-0.15, -0.1) is 11.3 Å². The average molecular weight is 403 g/mol. The maximum absolute atomic E-state index is 12.4. The molecule has 0 aliphatic heterocycles. The number of nitrogens with zero attached hydrogens (tertiary/aromatic N) is 1. The Kier molecular flexibility index (Phi) is 7.45. The first-order chi connectivity index (χ1) is 13.4. The predicted octanol–water partition coefficient (Wildman–Crippen LogP) is 3.87. The molecule has 0 radical (unpaired) electrons. The molecule has 2 aromatic rings. The van der Waals surface area contributed by atoms with Gasteiger partial charge < -0.3 is 14.6 Å². The number of esters is 2. The summed E-state index contributed by atoms with van der Waals surface area (Å²) in [4.78, 5) is 40.6. The second-order valence-corrected chi connectivity index (χ2v) is 6.67. The SMILES string of the molecule is CCOC(=O)c1c(N=CC(C(=O)O)C(=O)OCC)sc(-c2ccccc2)c1C. The van der Waals surface area contributed by atoms with Crippen LogP contribution in [0.2, 0.25) is 0 Å². The van der Waals surface area contributed by atoms with E-state index >= 15 is 0 Å². The summed E-state index contributed by atoms with van der Waals surface area (Å²) in [5.41, 5.74) is 1.84. The average Bonchev–Trinajstić information content (AvgIpc) is 2.99. The van der Waals surface area contributed by atoms with Gasteiger partial charge in [0.1, 0.15) is 5.00 Å². The zero-order valence-electron chi connectivity index (χ0n) is 15.8. The van der Waals surface area contributed by atoms with Crippen LogP contribution in [-0.2, 0) is 19.1 Å². The number of carbonyl (C=O) groups excluding carboxylic acids is 2. The lowest BCUT2D eigenvalue weighted by molar-refractivity contribution is -0.154. The van der Waals surface area contributed by atoms with E-state index in [2.05, 4.69) is 4.99 Å². The standard InChI is InChI=1S/C20H21NO6S/c1-4-26-19(24)14(18(22)23)11-21-17-15(20(25)27-5-2)12(3)16(28-17)13-9-7-6-8-10-13/h6-11,14H,4-5H2,1-3H3,(H,22,23). The third-order valence-electron chi connectivity index (χ3n) is 3.79. The van der Waals surface area contributed by atoms with Crippen molar-refractivity contribution >= 4 is 40.5 Å². The predicted molar refractivity (Wildman–Crippen MR) is 106 cm³/mol. The van der Waals surface area contributed by atoms with Gasteiger partial charge in [-0.25, -0.2) is 9.79 Å². The van der Waals surface area contributed by atoms with Gasteiger partial charge in [0.2, 0.25) is 0 Å². The zero-order valence-corrected chi connectivity index (χ0v) is 16.6. The number of carboxylic acid groups (broad SMARTS) is 1. The number of ether oxygens (including phenoxy) is 2. The normalized spacial score (nSPS) is 12.0. The zero-order chi connectivity index (χ0) is 20.7. The summed E-state index contributed by atoms with van der Waals surface area (Å²) in [6, 6.07) is 9.44. The summed E-state index contributed by atoms with van der Waals surface area (Å²) in [6.07, 6.45) is 0.989. The summed E-state index contributed by atoms with van der Waals surface area (Å²) in [5.74, 6) is -4.39. The fourth-order valence-electron chi connectivity index (χ4n) is 2.50. The fraction of sp³-hybridized carbons (Fsp3) is 0.300. The Labute approximate surface area is 166 Å². The number of hydrogen-bond donors (Lipinski definition) is 1. The van der Waals surface area contributed by atoms with Crippen molar-refractivity contribution in [3.63, 3.8) is 0 Å². The van der Waals surface area contributed by atoms with Crippen molar-refractivity contribution in [3.05, 3.63) is 41.5 Å². The van der Waals surface area contributed by atoms with E-state index in [0.29, 0.717) is 5.56 Å². The molecule has 1 atom stereocenters.